The Morgan fingerprint density at radius 3 is 1.70 bits per heavy atom. The lowest BCUT2D eigenvalue weighted by atomic mass is 9.87. The maximum Gasteiger partial charge on any atom is 0.268 e. The van der Waals surface area contributed by atoms with Crippen LogP contribution in [-0.2, 0) is 23.0 Å². The van der Waals surface area contributed by atoms with Crippen LogP contribution in [0.3, 0.4) is 0 Å². The number of hydrogen-bond donors (Lipinski definition) is 2. The van der Waals surface area contributed by atoms with Crippen LogP contribution >= 0.6 is 0 Å². The lowest BCUT2D eigenvalue weighted by molar-refractivity contribution is 0.394. The molecule has 0 aliphatic carbocycles. The lowest BCUT2D eigenvalue weighted by Gasteiger charge is -2.25. The topological polar surface area (TPSA) is 89.4 Å². The molecule has 150 valence electrons. The third kappa shape index (κ3) is 8.24. The molecule has 1 atom stereocenters. The van der Waals surface area contributed by atoms with Crippen molar-refractivity contribution in [3.05, 3.63) is 71.8 Å². The Bertz CT molecular complexity index is 691. The molecule has 1 unspecified atom stereocenters. The predicted molar refractivity (Wildman–Crippen MR) is 113 cm³/mol. The van der Waals surface area contributed by atoms with E-state index in [2.05, 4.69) is 6.92 Å². The van der Waals surface area contributed by atoms with Crippen molar-refractivity contribution >= 4 is 10.1 Å². The summed E-state index contributed by atoms with van der Waals surface area (Å²) in [6.07, 6.45) is 5.85. The van der Waals surface area contributed by atoms with Gasteiger partial charge in [0.2, 0.25) is 0 Å². The van der Waals surface area contributed by atoms with E-state index in [1.165, 1.54) is 0 Å². The Morgan fingerprint density at radius 2 is 1.30 bits per heavy atom. The van der Waals surface area contributed by atoms with E-state index in [9.17, 15) is 13.0 Å². The lowest BCUT2D eigenvalue weighted by Crippen LogP contribution is -2.32. The quantitative estimate of drug-likeness (QED) is 0.392. The number of unbranched alkanes of at least 4 members (excludes halogenated alkanes) is 3. The van der Waals surface area contributed by atoms with Crippen molar-refractivity contribution in [3.63, 3.8) is 0 Å². The summed E-state index contributed by atoms with van der Waals surface area (Å²) in [4.78, 5) is 0. The predicted octanol–water partition coefficient (Wildman–Crippen LogP) is 5.48. The molecular formula is C22H33NO3S. The molecule has 0 spiro atoms. The van der Waals surface area contributed by atoms with Crippen LogP contribution in [0.2, 0.25) is 0 Å². The fraction of sp³-hybridized carbons (Fsp3) is 0.455. The Labute approximate surface area is 164 Å². The van der Waals surface area contributed by atoms with E-state index in [1.807, 2.05) is 60.7 Å². The second-order valence-electron chi connectivity index (χ2n) is 7.04. The standard InChI is InChI=1S/C22H30O3S.H3N/c1-2-3-4-11-16-22(26(23,24)25)21(17-19-12-7-5-8-13-19)18-20-14-9-6-10-15-20;/h5-10,12-15,21-22H,2-4,11,16-18H2,1H3,(H,23,24,25);1H3. The molecule has 0 aliphatic heterocycles. The minimum Gasteiger partial charge on any atom is -0.344 e. The molecule has 0 amide bonds. The van der Waals surface area contributed by atoms with Crippen LogP contribution in [-0.4, -0.2) is 18.2 Å². The zero-order chi connectivity index (χ0) is 18.8. The summed E-state index contributed by atoms with van der Waals surface area (Å²) in [5, 5.41) is -0.722. The first kappa shape index (κ1) is 23.3. The van der Waals surface area contributed by atoms with Crippen LogP contribution in [0.1, 0.15) is 50.2 Å². The summed E-state index contributed by atoms with van der Waals surface area (Å²) in [6, 6.07) is 19.9. The van der Waals surface area contributed by atoms with Gasteiger partial charge in [-0.3, -0.25) is 4.55 Å². The Balaban J connectivity index is 0.00000364. The maximum atomic E-state index is 12.2. The molecule has 0 fully saturated rings. The summed E-state index contributed by atoms with van der Waals surface area (Å²) in [5.74, 6) is -0.142. The van der Waals surface area contributed by atoms with Crippen molar-refractivity contribution in [2.24, 2.45) is 5.92 Å². The van der Waals surface area contributed by atoms with Crippen molar-refractivity contribution in [1.82, 2.24) is 6.15 Å². The van der Waals surface area contributed by atoms with Gasteiger partial charge < -0.3 is 6.15 Å². The van der Waals surface area contributed by atoms with Gasteiger partial charge in [0.05, 0.1) is 5.25 Å². The molecule has 4 N–H and O–H groups in total. The molecule has 27 heavy (non-hydrogen) atoms. The molecule has 0 bridgehead atoms. The van der Waals surface area contributed by atoms with E-state index in [0.717, 1.165) is 36.8 Å². The average molecular weight is 392 g/mol. The van der Waals surface area contributed by atoms with Gasteiger partial charge in [-0.25, -0.2) is 0 Å². The highest BCUT2D eigenvalue weighted by Gasteiger charge is 2.32. The average Bonchev–Trinajstić information content (AvgIpc) is 2.62. The second kappa shape index (κ2) is 11.9. The molecule has 2 rings (SSSR count). The highest BCUT2D eigenvalue weighted by molar-refractivity contribution is 7.86. The Morgan fingerprint density at radius 1 is 0.815 bits per heavy atom. The fourth-order valence-electron chi connectivity index (χ4n) is 3.57. The number of rotatable bonds is 11. The first-order chi connectivity index (χ1) is 12.5. The van der Waals surface area contributed by atoms with Gasteiger partial charge >= 0.3 is 0 Å². The van der Waals surface area contributed by atoms with E-state index < -0.39 is 15.4 Å². The smallest absolute Gasteiger partial charge is 0.268 e. The molecular weight excluding hydrogens is 358 g/mol. The molecule has 2 aromatic rings. The van der Waals surface area contributed by atoms with Crippen LogP contribution < -0.4 is 6.15 Å². The molecule has 0 heterocycles. The summed E-state index contributed by atoms with van der Waals surface area (Å²) in [6.45, 7) is 2.13. The largest absolute Gasteiger partial charge is 0.344 e. The fourth-order valence-corrected chi connectivity index (χ4v) is 4.71. The van der Waals surface area contributed by atoms with E-state index in [0.29, 0.717) is 19.3 Å². The third-order valence-electron chi connectivity index (χ3n) is 4.93. The molecule has 5 heteroatoms. The summed E-state index contributed by atoms with van der Waals surface area (Å²) < 4.78 is 34.3. The highest BCUT2D eigenvalue weighted by Crippen LogP contribution is 2.26. The van der Waals surface area contributed by atoms with Crippen molar-refractivity contribution in [3.8, 4) is 0 Å². The van der Waals surface area contributed by atoms with E-state index in [1.54, 1.807) is 0 Å². The molecule has 0 aliphatic rings. The summed E-state index contributed by atoms with van der Waals surface area (Å²) in [5.41, 5.74) is 2.21. The normalized spacial score (nSPS) is 12.6. The summed E-state index contributed by atoms with van der Waals surface area (Å²) in [7, 11) is -4.09. The number of benzene rings is 2. The third-order valence-corrected chi connectivity index (χ3v) is 6.32. The van der Waals surface area contributed by atoms with E-state index >= 15 is 0 Å². The van der Waals surface area contributed by atoms with Gasteiger partial charge in [-0.05, 0) is 36.3 Å². The van der Waals surface area contributed by atoms with Gasteiger partial charge in [-0.2, -0.15) is 8.42 Å². The molecule has 0 saturated carbocycles. The minimum absolute atomic E-state index is 0. The van der Waals surface area contributed by atoms with Crippen LogP contribution in [0.5, 0.6) is 0 Å². The van der Waals surface area contributed by atoms with Gasteiger partial charge in [-0.15, -0.1) is 0 Å². The molecule has 0 saturated heterocycles. The highest BCUT2D eigenvalue weighted by atomic mass is 32.2. The zero-order valence-electron chi connectivity index (χ0n) is 16.3. The SMILES string of the molecule is CCCCCCC(C(Cc1ccccc1)Cc1ccccc1)S(=O)(=O)O.N. The van der Waals surface area contributed by atoms with Gasteiger partial charge in [0.1, 0.15) is 0 Å². The Kier molecular flexibility index (Phi) is 10.3. The molecule has 0 aromatic heterocycles. The van der Waals surface area contributed by atoms with Crippen LogP contribution in [0.15, 0.2) is 60.7 Å². The van der Waals surface area contributed by atoms with Crippen LogP contribution in [0, 0.1) is 5.92 Å². The molecule has 0 radical (unpaired) electrons. The minimum atomic E-state index is -4.09. The van der Waals surface area contributed by atoms with Crippen LogP contribution in [0.25, 0.3) is 0 Å². The van der Waals surface area contributed by atoms with Gasteiger partial charge in [0, 0.05) is 0 Å². The van der Waals surface area contributed by atoms with Gasteiger partial charge in [0.15, 0.2) is 0 Å². The first-order valence-electron chi connectivity index (χ1n) is 9.55. The zero-order valence-corrected chi connectivity index (χ0v) is 17.1. The van der Waals surface area contributed by atoms with Crippen molar-refractivity contribution < 1.29 is 13.0 Å². The molecule has 4 nitrogen and oxygen atoms in total. The first-order valence-corrected chi connectivity index (χ1v) is 11.0. The maximum absolute atomic E-state index is 12.2. The second-order valence-corrected chi connectivity index (χ2v) is 8.68. The van der Waals surface area contributed by atoms with Crippen LogP contribution in [0.4, 0.5) is 0 Å². The van der Waals surface area contributed by atoms with Crippen molar-refractivity contribution in [1.29, 1.82) is 0 Å². The number of hydrogen-bond acceptors (Lipinski definition) is 3. The van der Waals surface area contributed by atoms with Gasteiger partial charge in [-0.1, -0.05) is 93.3 Å². The monoisotopic (exact) mass is 391 g/mol. The van der Waals surface area contributed by atoms with Gasteiger partial charge in [0.25, 0.3) is 10.1 Å². The van der Waals surface area contributed by atoms with E-state index in [4.69, 9.17) is 0 Å². The van der Waals surface area contributed by atoms with E-state index in [-0.39, 0.29) is 12.1 Å². The summed E-state index contributed by atoms with van der Waals surface area (Å²) >= 11 is 0. The van der Waals surface area contributed by atoms with Crippen molar-refractivity contribution in [2.75, 3.05) is 0 Å². The van der Waals surface area contributed by atoms with Crippen molar-refractivity contribution in [2.45, 2.75) is 57.1 Å². The molecule has 2 aromatic carbocycles. The Hall–Kier alpha value is -1.69.